The van der Waals surface area contributed by atoms with Crippen molar-refractivity contribution in [2.75, 3.05) is 5.32 Å². The minimum absolute atomic E-state index is 0.176. The maximum absolute atomic E-state index is 12.4. The molecule has 0 saturated heterocycles. The molecule has 1 amide bonds. The molecular weight excluding hydrogens is 430 g/mol. The van der Waals surface area contributed by atoms with E-state index in [9.17, 15) is 4.79 Å². The zero-order chi connectivity index (χ0) is 22.0. The maximum Gasteiger partial charge on any atom is 0.258 e. The van der Waals surface area contributed by atoms with Gasteiger partial charge in [0.2, 0.25) is 5.89 Å². The van der Waals surface area contributed by atoms with Crippen molar-refractivity contribution in [2.24, 2.45) is 0 Å². The van der Waals surface area contributed by atoms with Crippen LogP contribution in [0.25, 0.3) is 22.6 Å². The summed E-state index contributed by atoms with van der Waals surface area (Å²) in [6.07, 6.45) is 0.939. The number of nitrogens with one attached hydrogen (secondary N) is 2. The predicted molar refractivity (Wildman–Crippen MR) is 129 cm³/mol. The fourth-order valence-corrected chi connectivity index (χ4v) is 3.60. The van der Waals surface area contributed by atoms with Crippen LogP contribution in [0.5, 0.6) is 0 Å². The number of nitrogens with zero attached hydrogens (tertiary/aromatic N) is 1. The van der Waals surface area contributed by atoms with Gasteiger partial charge < -0.3 is 9.73 Å². The number of oxazole rings is 1. The Morgan fingerprint density at radius 1 is 1.13 bits per heavy atom. The highest BCUT2D eigenvalue weighted by Crippen LogP contribution is 2.28. The molecule has 1 aromatic heterocycles. The SMILES string of the molecule is CCc1ccc2oc(-c3ccc(C)c(NC(=S)NC(=O)c4ccccc4Cl)c3)nc2c1. The average Bonchev–Trinajstić information content (AvgIpc) is 3.18. The quantitative estimate of drug-likeness (QED) is 0.366. The Balaban J connectivity index is 1.55. The normalized spacial score (nSPS) is 10.8. The van der Waals surface area contributed by atoms with E-state index in [0.29, 0.717) is 16.5 Å². The summed E-state index contributed by atoms with van der Waals surface area (Å²) in [7, 11) is 0. The number of thiocarbonyl (C=S) groups is 1. The van der Waals surface area contributed by atoms with Gasteiger partial charge in [0.1, 0.15) is 5.52 Å². The molecule has 5 nitrogen and oxygen atoms in total. The molecule has 4 rings (SSSR count). The summed E-state index contributed by atoms with van der Waals surface area (Å²) >= 11 is 11.4. The fraction of sp³-hybridized carbons (Fsp3) is 0.125. The second-order valence-corrected chi connectivity index (χ2v) is 7.91. The summed E-state index contributed by atoms with van der Waals surface area (Å²) in [6.45, 7) is 4.05. The van der Waals surface area contributed by atoms with Crippen molar-refractivity contribution >= 4 is 51.6 Å². The summed E-state index contributed by atoms with van der Waals surface area (Å²) < 4.78 is 5.93. The first-order valence-electron chi connectivity index (χ1n) is 9.82. The van der Waals surface area contributed by atoms with Crippen LogP contribution in [0.15, 0.2) is 65.1 Å². The van der Waals surface area contributed by atoms with E-state index in [4.69, 9.17) is 28.2 Å². The minimum Gasteiger partial charge on any atom is -0.436 e. The fourth-order valence-electron chi connectivity index (χ4n) is 3.18. The highest BCUT2D eigenvalue weighted by atomic mass is 35.5. The van der Waals surface area contributed by atoms with Crippen LogP contribution < -0.4 is 10.6 Å². The van der Waals surface area contributed by atoms with E-state index >= 15 is 0 Å². The summed E-state index contributed by atoms with van der Waals surface area (Å²) in [5.74, 6) is 0.153. The van der Waals surface area contributed by atoms with E-state index in [1.54, 1.807) is 24.3 Å². The number of benzene rings is 3. The molecule has 1 heterocycles. The van der Waals surface area contributed by atoms with Gasteiger partial charge in [-0.1, -0.05) is 42.8 Å². The molecule has 31 heavy (non-hydrogen) atoms. The molecule has 0 saturated carbocycles. The van der Waals surface area contributed by atoms with Gasteiger partial charge in [0.05, 0.1) is 10.6 Å². The number of hydrogen-bond donors (Lipinski definition) is 2. The molecule has 7 heteroatoms. The van der Waals surface area contributed by atoms with E-state index in [-0.39, 0.29) is 11.0 Å². The Bertz CT molecular complexity index is 1300. The van der Waals surface area contributed by atoms with Crippen LogP contribution in [-0.2, 0) is 6.42 Å². The van der Waals surface area contributed by atoms with Crippen LogP contribution in [0.1, 0.15) is 28.4 Å². The van der Waals surface area contributed by atoms with Crippen molar-refractivity contribution in [3.05, 3.63) is 82.4 Å². The molecule has 2 N–H and O–H groups in total. The van der Waals surface area contributed by atoms with E-state index < -0.39 is 0 Å². The molecule has 0 atom stereocenters. The number of hydrogen-bond acceptors (Lipinski definition) is 4. The van der Waals surface area contributed by atoms with E-state index in [1.165, 1.54) is 5.56 Å². The van der Waals surface area contributed by atoms with Crippen LogP contribution in [-0.4, -0.2) is 16.0 Å². The number of carbonyl (C=O) groups is 1. The van der Waals surface area contributed by atoms with Crippen LogP contribution in [0, 0.1) is 6.92 Å². The summed E-state index contributed by atoms with van der Waals surface area (Å²) in [5, 5.41) is 6.28. The van der Waals surface area contributed by atoms with Crippen molar-refractivity contribution in [1.29, 1.82) is 0 Å². The third-order valence-corrected chi connectivity index (χ3v) is 5.47. The number of rotatable bonds is 4. The van der Waals surface area contributed by atoms with Gasteiger partial charge in [-0.3, -0.25) is 10.1 Å². The van der Waals surface area contributed by atoms with Crippen LogP contribution in [0.2, 0.25) is 5.02 Å². The highest BCUT2D eigenvalue weighted by molar-refractivity contribution is 7.80. The zero-order valence-electron chi connectivity index (χ0n) is 17.0. The van der Waals surface area contributed by atoms with Gasteiger partial charge in [0, 0.05) is 11.3 Å². The van der Waals surface area contributed by atoms with Gasteiger partial charge >= 0.3 is 0 Å². The first-order chi connectivity index (χ1) is 14.9. The lowest BCUT2D eigenvalue weighted by Gasteiger charge is -2.13. The van der Waals surface area contributed by atoms with E-state index in [0.717, 1.165) is 34.3 Å². The Morgan fingerprint density at radius 2 is 1.94 bits per heavy atom. The third-order valence-electron chi connectivity index (χ3n) is 4.94. The van der Waals surface area contributed by atoms with Crippen molar-refractivity contribution in [1.82, 2.24) is 10.3 Å². The molecule has 0 aliphatic heterocycles. The van der Waals surface area contributed by atoms with Crippen molar-refractivity contribution in [3.8, 4) is 11.5 Å². The van der Waals surface area contributed by atoms with Crippen LogP contribution in [0.4, 0.5) is 5.69 Å². The highest BCUT2D eigenvalue weighted by Gasteiger charge is 2.14. The van der Waals surface area contributed by atoms with Gasteiger partial charge in [-0.25, -0.2) is 4.98 Å². The largest absolute Gasteiger partial charge is 0.436 e. The lowest BCUT2D eigenvalue weighted by Crippen LogP contribution is -2.34. The van der Waals surface area contributed by atoms with Crippen LogP contribution >= 0.6 is 23.8 Å². The molecule has 0 fully saturated rings. The Hall–Kier alpha value is -3.22. The first kappa shape index (κ1) is 21.0. The van der Waals surface area contributed by atoms with Crippen LogP contribution in [0.3, 0.4) is 0 Å². The zero-order valence-corrected chi connectivity index (χ0v) is 18.6. The van der Waals surface area contributed by atoms with Gasteiger partial charge in [0.25, 0.3) is 5.91 Å². The van der Waals surface area contributed by atoms with Crippen molar-refractivity contribution < 1.29 is 9.21 Å². The Morgan fingerprint density at radius 3 is 2.71 bits per heavy atom. The minimum atomic E-state index is -0.373. The second kappa shape index (κ2) is 8.88. The monoisotopic (exact) mass is 449 g/mol. The Kier molecular flexibility index (Phi) is 6.02. The molecule has 4 aromatic rings. The molecule has 0 aliphatic carbocycles. The van der Waals surface area contributed by atoms with Gasteiger partial charge in [-0.15, -0.1) is 0 Å². The summed E-state index contributed by atoms with van der Waals surface area (Å²) in [6, 6.07) is 18.6. The molecule has 0 radical (unpaired) electrons. The molecule has 0 bridgehead atoms. The smallest absolute Gasteiger partial charge is 0.258 e. The van der Waals surface area contributed by atoms with E-state index in [1.807, 2.05) is 43.3 Å². The van der Waals surface area contributed by atoms with Crippen molar-refractivity contribution in [2.45, 2.75) is 20.3 Å². The summed E-state index contributed by atoms with van der Waals surface area (Å²) in [5.41, 5.74) is 5.65. The molecule has 0 aliphatic rings. The lowest BCUT2D eigenvalue weighted by atomic mass is 10.1. The molecular formula is C24H20ClN3O2S. The topological polar surface area (TPSA) is 67.2 Å². The predicted octanol–water partition coefficient (Wildman–Crippen LogP) is 6.15. The molecule has 0 unspecified atom stereocenters. The third kappa shape index (κ3) is 4.60. The maximum atomic E-state index is 12.4. The first-order valence-corrected chi connectivity index (χ1v) is 10.6. The average molecular weight is 450 g/mol. The number of halogens is 1. The Labute approximate surface area is 190 Å². The van der Waals surface area contributed by atoms with Crippen molar-refractivity contribution in [3.63, 3.8) is 0 Å². The van der Waals surface area contributed by atoms with Gasteiger partial charge in [-0.2, -0.15) is 0 Å². The number of amides is 1. The van der Waals surface area contributed by atoms with Gasteiger partial charge in [0.15, 0.2) is 10.7 Å². The standard InChI is InChI=1S/C24H20ClN3O2S/c1-3-15-9-11-21-20(12-15)26-23(30-21)16-10-8-14(2)19(13-16)27-24(31)28-22(29)17-6-4-5-7-18(17)25/h4-13H,3H2,1-2H3,(H2,27,28,29,31). The van der Waals surface area contributed by atoms with Gasteiger partial charge in [-0.05, 0) is 73.1 Å². The number of aromatic nitrogens is 1. The number of carbonyl (C=O) groups excluding carboxylic acids is 1. The number of anilines is 1. The molecule has 0 spiro atoms. The number of aryl methyl sites for hydroxylation is 2. The van der Waals surface area contributed by atoms with E-state index in [2.05, 4.69) is 22.5 Å². The number of fused-ring (bicyclic) bond motifs is 1. The lowest BCUT2D eigenvalue weighted by molar-refractivity contribution is 0.0978. The summed E-state index contributed by atoms with van der Waals surface area (Å²) in [4.78, 5) is 17.1. The molecule has 3 aromatic carbocycles. The second-order valence-electron chi connectivity index (χ2n) is 7.09. The molecule has 156 valence electrons.